The fourth-order valence-electron chi connectivity index (χ4n) is 0.250. The van der Waals surface area contributed by atoms with Crippen LogP contribution in [0, 0.1) is 5.41 Å². The molecule has 0 amide bonds. The number of thiocarbonyl (C=S) groups is 1. The summed E-state index contributed by atoms with van der Waals surface area (Å²) >= 11 is 3.81. The Morgan fingerprint density at radius 3 is 1.45 bits per heavy atom. The third-order valence-corrected chi connectivity index (χ3v) is 2.32. The molecule has 0 aromatic carbocycles. The van der Waals surface area contributed by atoms with Gasteiger partial charge in [0.05, 0.1) is 5.16 Å². The van der Waals surface area contributed by atoms with Crippen LogP contribution in [-0.2, 0) is 13.3 Å². The highest BCUT2D eigenvalue weighted by Gasteiger charge is 2.36. The minimum Gasteiger partial charge on any atom is -0.367 e. The first-order valence-corrected chi connectivity index (χ1v) is 4.60. The van der Waals surface area contributed by atoms with E-state index in [1.807, 2.05) is 0 Å². The molecule has 0 aliphatic rings. The van der Waals surface area contributed by atoms with Gasteiger partial charge in [-0.2, -0.15) is 0 Å². The molecule has 0 fully saturated rings. The summed E-state index contributed by atoms with van der Waals surface area (Å²) in [5, 5.41) is 7.36. The minimum absolute atomic E-state index is 1.33. The van der Waals surface area contributed by atoms with Gasteiger partial charge in [-0.1, -0.05) is 0 Å². The van der Waals surface area contributed by atoms with Gasteiger partial charge in [-0.3, -0.25) is 0 Å². The van der Waals surface area contributed by atoms with Crippen LogP contribution in [0.25, 0.3) is 0 Å². The monoisotopic (exact) mass is 197 g/mol. The van der Waals surface area contributed by atoms with Crippen molar-refractivity contribution in [2.24, 2.45) is 0 Å². The van der Waals surface area contributed by atoms with Gasteiger partial charge in [-0.15, -0.1) is 0 Å². The summed E-state index contributed by atoms with van der Waals surface area (Å²) in [6, 6.07) is 0. The van der Waals surface area contributed by atoms with Gasteiger partial charge in [0.1, 0.15) is 0 Å². The normalized spacial score (nSPS) is 9.45. The van der Waals surface area contributed by atoms with E-state index < -0.39 is 9.05 Å². The van der Waals surface area contributed by atoms with Gasteiger partial charge in [0.15, 0.2) is 0 Å². The highest BCUT2D eigenvalue weighted by Crippen LogP contribution is 1.97. The van der Waals surface area contributed by atoms with Crippen LogP contribution in [0.3, 0.4) is 0 Å². The van der Waals surface area contributed by atoms with Crippen LogP contribution in [0.2, 0.25) is 0 Å². The zero-order valence-corrected chi connectivity index (χ0v) is 8.40. The summed E-state index contributed by atoms with van der Waals surface area (Å²) in [6.45, 7) is 0. The number of hydrogen-bond acceptors (Lipinski definition) is 6. The molecule has 2 N–H and O–H groups in total. The molecule has 5 nitrogen and oxygen atoms in total. The van der Waals surface area contributed by atoms with Gasteiger partial charge in [0.2, 0.25) is 0 Å². The van der Waals surface area contributed by atoms with E-state index >= 15 is 0 Å². The van der Waals surface area contributed by atoms with E-state index in [4.69, 9.17) is 10.2 Å². The second-order valence-corrected chi connectivity index (χ2v) is 3.71. The van der Waals surface area contributed by atoms with Crippen molar-refractivity contribution in [2.75, 3.05) is 21.3 Å². The van der Waals surface area contributed by atoms with Crippen LogP contribution in [0.4, 0.5) is 0 Å². The Morgan fingerprint density at radius 2 is 1.45 bits per heavy atom. The van der Waals surface area contributed by atoms with Gasteiger partial charge in [0, 0.05) is 21.3 Å². The zero-order valence-electron chi connectivity index (χ0n) is 6.58. The van der Waals surface area contributed by atoms with Crippen molar-refractivity contribution < 1.29 is 18.1 Å². The molecule has 0 unspecified atom stereocenters. The zero-order chi connectivity index (χ0) is 9.33. The van der Waals surface area contributed by atoms with E-state index in [-0.39, 0.29) is 0 Å². The first-order valence-electron chi connectivity index (χ1n) is 2.51. The summed E-state index contributed by atoms with van der Waals surface area (Å²) in [5.41, 5.74) is 0. The van der Waals surface area contributed by atoms with E-state index in [1.165, 1.54) is 21.3 Å². The Balaban J connectivity index is 0. The third kappa shape index (κ3) is 7.76. The molecule has 7 heteroatoms. The molecule has 0 saturated carbocycles. The summed E-state index contributed by atoms with van der Waals surface area (Å²) in [7, 11) is 0.826. The molecule has 0 aliphatic heterocycles. The van der Waals surface area contributed by atoms with Gasteiger partial charge in [0.25, 0.3) is 0 Å². The van der Waals surface area contributed by atoms with Crippen molar-refractivity contribution in [3.05, 3.63) is 0 Å². The summed E-state index contributed by atoms with van der Waals surface area (Å²) in [5.74, 6) is 0. The molecule has 0 rings (SSSR count). The average molecular weight is 197 g/mol. The molecule has 0 heterocycles. The minimum atomic E-state index is -3.17. The van der Waals surface area contributed by atoms with Gasteiger partial charge in [-0.05, 0) is 12.2 Å². The highest BCUT2D eigenvalue weighted by atomic mass is 32.1. The molecular weight excluding hydrogens is 186 g/mol. The predicted octanol–water partition coefficient (Wildman–Crippen LogP) is 0.0215. The fraction of sp³-hybridized carbons (Fsp3) is 0.750. The number of isothiocyanates is 1. The standard InChI is InChI=1S/C3H10O4Si.CHNS/c1-5-8(4,6-2)7-3;2-1-3/h4H,1-3H3;2H. The van der Waals surface area contributed by atoms with Crippen molar-refractivity contribution >= 4 is 26.4 Å². The Morgan fingerprint density at radius 1 is 1.27 bits per heavy atom. The second-order valence-electron chi connectivity index (χ2n) is 1.24. The Labute approximate surface area is 71.9 Å². The Kier molecular flexibility index (Phi) is 9.73. The summed E-state index contributed by atoms with van der Waals surface area (Å²) in [4.78, 5) is 8.91. The van der Waals surface area contributed by atoms with Crippen LogP contribution in [0.1, 0.15) is 0 Å². The van der Waals surface area contributed by atoms with Crippen LogP contribution in [0.15, 0.2) is 0 Å². The van der Waals surface area contributed by atoms with E-state index in [2.05, 4.69) is 25.5 Å². The SMILES string of the molecule is CO[Si](O)(OC)OC.N=C=S. The van der Waals surface area contributed by atoms with Crippen LogP contribution >= 0.6 is 12.2 Å². The maximum atomic E-state index is 8.91. The van der Waals surface area contributed by atoms with E-state index in [9.17, 15) is 0 Å². The summed E-state index contributed by atoms with van der Waals surface area (Å²) < 4.78 is 13.5. The molecule has 66 valence electrons. The predicted molar refractivity (Wildman–Crippen MR) is 44.3 cm³/mol. The molecule has 0 atom stereocenters. The molecule has 0 bridgehead atoms. The van der Waals surface area contributed by atoms with E-state index in [0.717, 1.165) is 0 Å². The molecule has 0 aromatic rings. The number of nitrogens with one attached hydrogen (secondary N) is 1. The van der Waals surface area contributed by atoms with Crippen LogP contribution in [-0.4, -0.2) is 40.3 Å². The van der Waals surface area contributed by atoms with Crippen molar-refractivity contribution in [3.63, 3.8) is 0 Å². The van der Waals surface area contributed by atoms with Crippen molar-refractivity contribution in [1.29, 1.82) is 5.41 Å². The Hall–Kier alpha value is -0.143. The van der Waals surface area contributed by atoms with Crippen LogP contribution in [0.5, 0.6) is 0 Å². The quantitative estimate of drug-likeness (QED) is 0.379. The van der Waals surface area contributed by atoms with Crippen molar-refractivity contribution in [1.82, 2.24) is 0 Å². The first-order chi connectivity index (χ1) is 5.10. The van der Waals surface area contributed by atoms with Crippen LogP contribution < -0.4 is 0 Å². The van der Waals surface area contributed by atoms with Gasteiger partial charge >= 0.3 is 9.05 Å². The molecule has 0 spiro atoms. The number of rotatable bonds is 3. The highest BCUT2D eigenvalue weighted by molar-refractivity contribution is 7.78. The topological polar surface area (TPSA) is 71.8 Å². The first kappa shape index (κ1) is 13.4. The Bertz CT molecular complexity index is 115. The van der Waals surface area contributed by atoms with Gasteiger partial charge in [-0.25, -0.2) is 5.41 Å². The molecule has 0 saturated heterocycles. The maximum Gasteiger partial charge on any atom is 0.676 e. The van der Waals surface area contributed by atoms with E-state index in [1.54, 1.807) is 5.16 Å². The van der Waals surface area contributed by atoms with Gasteiger partial charge < -0.3 is 18.1 Å². The molecule has 0 radical (unpaired) electrons. The molecule has 0 aliphatic carbocycles. The smallest absolute Gasteiger partial charge is 0.367 e. The molecule has 11 heavy (non-hydrogen) atoms. The summed E-state index contributed by atoms with van der Waals surface area (Å²) in [6.07, 6.45) is 0. The fourth-order valence-corrected chi connectivity index (χ4v) is 0.750. The van der Waals surface area contributed by atoms with Crippen molar-refractivity contribution in [3.8, 4) is 0 Å². The molecular formula is C4H11NO4SSi. The third-order valence-electron chi connectivity index (χ3n) is 0.774. The molecule has 0 aromatic heterocycles. The maximum absolute atomic E-state index is 8.91. The van der Waals surface area contributed by atoms with Crippen molar-refractivity contribution in [2.45, 2.75) is 0 Å². The lowest BCUT2D eigenvalue weighted by atomic mass is 11.8. The van der Waals surface area contributed by atoms with E-state index in [0.29, 0.717) is 0 Å². The number of hydrogen-bond donors (Lipinski definition) is 2. The second kappa shape index (κ2) is 7.96. The average Bonchev–Trinajstić information content (AvgIpc) is 2.05. The lowest BCUT2D eigenvalue weighted by molar-refractivity contribution is 0.0418. The largest absolute Gasteiger partial charge is 0.676 e. The lowest BCUT2D eigenvalue weighted by Gasteiger charge is -2.14. The lowest BCUT2D eigenvalue weighted by Crippen LogP contribution is -2.42.